The Hall–Kier alpha value is -1.03. The van der Waals surface area contributed by atoms with Crippen molar-refractivity contribution in [2.75, 3.05) is 0 Å². The molecule has 1 N–H and O–H groups in total. The highest BCUT2D eigenvalue weighted by Gasteiger charge is 2.03. The third kappa shape index (κ3) is 3.96. The number of hydrogen-bond acceptors (Lipinski definition) is 2. The number of alkyl halides is 1. The first-order valence-electron chi connectivity index (χ1n) is 5.89. The van der Waals surface area contributed by atoms with Gasteiger partial charge in [0, 0.05) is 15.9 Å². The van der Waals surface area contributed by atoms with E-state index in [0.29, 0.717) is 12.5 Å². The fourth-order valence-corrected chi connectivity index (χ4v) is 2.24. The Kier molecular flexibility index (Phi) is 5.25. The number of halogens is 2. The van der Waals surface area contributed by atoms with Gasteiger partial charge >= 0.3 is 0 Å². The Morgan fingerprint density at radius 3 is 2.68 bits per heavy atom. The Morgan fingerprint density at radius 2 is 1.95 bits per heavy atom. The molecule has 0 saturated carbocycles. The van der Waals surface area contributed by atoms with E-state index in [1.807, 2.05) is 42.5 Å². The summed E-state index contributed by atoms with van der Waals surface area (Å²) in [5.41, 5.74) is 2.95. The lowest BCUT2D eigenvalue weighted by Gasteiger charge is -2.10. The SMILES string of the molecule is OCc1cccc(OCc2cc(CCl)ccc2Br)c1. The second-order valence-electron chi connectivity index (χ2n) is 4.15. The minimum atomic E-state index is 0.0165. The average molecular weight is 342 g/mol. The predicted molar refractivity (Wildman–Crippen MR) is 80.4 cm³/mol. The molecule has 0 spiro atoms. The second-order valence-corrected chi connectivity index (χ2v) is 5.28. The Balaban J connectivity index is 2.09. The number of aliphatic hydroxyl groups is 1. The van der Waals surface area contributed by atoms with Crippen molar-refractivity contribution in [2.45, 2.75) is 19.1 Å². The van der Waals surface area contributed by atoms with Crippen LogP contribution in [-0.4, -0.2) is 5.11 Å². The molecular formula is C15H14BrClO2. The number of ether oxygens (including phenoxy) is 1. The fraction of sp³-hybridized carbons (Fsp3) is 0.200. The van der Waals surface area contributed by atoms with Crippen molar-refractivity contribution >= 4 is 27.5 Å². The average Bonchev–Trinajstić information content (AvgIpc) is 2.46. The zero-order chi connectivity index (χ0) is 13.7. The summed E-state index contributed by atoms with van der Waals surface area (Å²) in [6.07, 6.45) is 0. The summed E-state index contributed by atoms with van der Waals surface area (Å²) in [4.78, 5) is 0. The van der Waals surface area contributed by atoms with E-state index in [2.05, 4.69) is 15.9 Å². The molecule has 0 aliphatic rings. The molecule has 0 radical (unpaired) electrons. The molecule has 2 aromatic carbocycles. The highest BCUT2D eigenvalue weighted by atomic mass is 79.9. The molecule has 2 aromatic rings. The molecule has 0 aromatic heterocycles. The monoisotopic (exact) mass is 340 g/mol. The third-order valence-corrected chi connectivity index (χ3v) is 3.82. The van der Waals surface area contributed by atoms with E-state index in [9.17, 15) is 0 Å². The van der Waals surface area contributed by atoms with E-state index in [-0.39, 0.29) is 6.61 Å². The zero-order valence-corrected chi connectivity index (χ0v) is 12.6. The van der Waals surface area contributed by atoms with Gasteiger partial charge in [-0.2, -0.15) is 0 Å². The topological polar surface area (TPSA) is 29.5 Å². The molecule has 2 rings (SSSR count). The Labute approximate surface area is 126 Å². The van der Waals surface area contributed by atoms with Crippen LogP contribution in [0.25, 0.3) is 0 Å². The van der Waals surface area contributed by atoms with Gasteiger partial charge in [0.05, 0.1) is 6.61 Å². The van der Waals surface area contributed by atoms with Crippen molar-refractivity contribution < 1.29 is 9.84 Å². The molecular weight excluding hydrogens is 328 g/mol. The first-order chi connectivity index (χ1) is 9.22. The van der Waals surface area contributed by atoms with E-state index >= 15 is 0 Å². The number of rotatable bonds is 5. The minimum Gasteiger partial charge on any atom is -0.489 e. The van der Waals surface area contributed by atoms with Crippen molar-refractivity contribution in [2.24, 2.45) is 0 Å². The van der Waals surface area contributed by atoms with Crippen LogP contribution in [0.5, 0.6) is 5.75 Å². The van der Waals surface area contributed by atoms with Crippen LogP contribution in [-0.2, 0) is 19.1 Å². The van der Waals surface area contributed by atoms with Crippen LogP contribution < -0.4 is 4.74 Å². The van der Waals surface area contributed by atoms with Gasteiger partial charge in [0.2, 0.25) is 0 Å². The maximum Gasteiger partial charge on any atom is 0.120 e. The van der Waals surface area contributed by atoms with Gasteiger partial charge in [0.1, 0.15) is 12.4 Å². The number of aliphatic hydroxyl groups excluding tert-OH is 1. The Bertz CT molecular complexity index is 558. The minimum absolute atomic E-state index is 0.0165. The zero-order valence-electron chi connectivity index (χ0n) is 10.3. The highest BCUT2D eigenvalue weighted by molar-refractivity contribution is 9.10. The van der Waals surface area contributed by atoms with E-state index in [1.165, 1.54) is 0 Å². The van der Waals surface area contributed by atoms with Gasteiger partial charge in [0.15, 0.2) is 0 Å². The summed E-state index contributed by atoms with van der Waals surface area (Å²) in [5.74, 6) is 1.23. The summed E-state index contributed by atoms with van der Waals surface area (Å²) in [6.45, 7) is 0.475. The van der Waals surface area contributed by atoms with E-state index in [0.717, 1.165) is 26.9 Å². The molecule has 100 valence electrons. The van der Waals surface area contributed by atoms with Crippen LogP contribution >= 0.6 is 27.5 Å². The van der Waals surface area contributed by atoms with Crippen molar-refractivity contribution in [3.05, 3.63) is 63.6 Å². The van der Waals surface area contributed by atoms with Crippen LogP contribution in [0.1, 0.15) is 16.7 Å². The lowest BCUT2D eigenvalue weighted by Crippen LogP contribution is -1.98. The molecule has 19 heavy (non-hydrogen) atoms. The van der Waals surface area contributed by atoms with Crippen LogP contribution in [0, 0.1) is 0 Å². The molecule has 0 aliphatic heterocycles. The van der Waals surface area contributed by atoms with Crippen molar-refractivity contribution in [3.8, 4) is 5.75 Å². The molecule has 2 nitrogen and oxygen atoms in total. The van der Waals surface area contributed by atoms with Gasteiger partial charge < -0.3 is 9.84 Å². The summed E-state index contributed by atoms with van der Waals surface area (Å²) >= 11 is 9.32. The highest BCUT2D eigenvalue weighted by Crippen LogP contribution is 2.22. The van der Waals surface area contributed by atoms with Crippen LogP contribution in [0.4, 0.5) is 0 Å². The largest absolute Gasteiger partial charge is 0.489 e. The second kappa shape index (κ2) is 6.94. The van der Waals surface area contributed by atoms with Gasteiger partial charge in [-0.05, 0) is 29.3 Å². The van der Waals surface area contributed by atoms with Crippen LogP contribution in [0.3, 0.4) is 0 Å². The fourth-order valence-electron chi connectivity index (χ4n) is 1.72. The molecule has 0 heterocycles. The quantitative estimate of drug-likeness (QED) is 0.823. The van der Waals surface area contributed by atoms with Gasteiger partial charge in [-0.15, -0.1) is 11.6 Å². The molecule has 0 aliphatic carbocycles. The van der Waals surface area contributed by atoms with Gasteiger partial charge in [-0.25, -0.2) is 0 Å². The van der Waals surface area contributed by atoms with E-state index in [4.69, 9.17) is 21.4 Å². The van der Waals surface area contributed by atoms with Crippen LogP contribution in [0.15, 0.2) is 46.9 Å². The van der Waals surface area contributed by atoms with Crippen LogP contribution in [0.2, 0.25) is 0 Å². The predicted octanol–water partition coefficient (Wildman–Crippen LogP) is 4.26. The smallest absolute Gasteiger partial charge is 0.120 e. The summed E-state index contributed by atoms with van der Waals surface area (Å²) in [7, 11) is 0. The standard InChI is InChI=1S/C15H14BrClO2/c16-15-5-4-11(8-17)6-13(15)10-19-14-3-1-2-12(7-14)9-18/h1-7,18H,8-10H2. The third-order valence-electron chi connectivity index (χ3n) is 2.74. The van der Waals surface area contributed by atoms with Crippen molar-refractivity contribution in [1.29, 1.82) is 0 Å². The number of hydrogen-bond donors (Lipinski definition) is 1. The van der Waals surface area contributed by atoms with Gasteiger partial charge in [0.25, 0.3) is 0 Å². The molecule has 0 atom stereocenters. The summed E-state index contributed by atoms with van der Waals surface area (Å²) in [6, 6.07) is 13.4. The summed E-state index contributed by atoms with van der Waals surface area (Å²) in [5, 5.41) is 9.08. The maximum atomic E-state index is 9.08. The summed E-state index contributed by atoms with van der Waals surface area (Å²) < 4.78 is 6.73. The molecule has 0 unspecified atom stereocenters. The molecule has 0 saturated heterocycles. The lowest BCUT2D eigenvalue weighted by molar-refractivity contribution is 0.278. The molecule has 4 heteroatoms. The molecule has 0 bridgehead atoms. The first-order valence-corrected chi connectivity index (χ1v) is 7.21. The first kappa shape index (κ1) is 14.4. The van der Waals surface area contributed by atoms with Crippen molar-refractivity contribution in [1.82, 2.24) is 0 Å². The lowest BCUT2D eigenvalue weighted by atomic mass is 10.1. The Morgan fingerprint density at radius 1 is 1.11 bits per heavy atom. The van der Waals surface area contributed by atoms with Crippen molar-refractivity contribution in [3.63, 3.8) is 0 Å². The van der Waals surface area contributed by atoms with Gasteiger partial charge in [-0.3, -0.25) is 0 Å². The maximum absolute atomic E-state index is 9.08. The normalized spacial score (nSPS) is 10.5. The molecule has 0 amide bonds. The van der Waals surface area contributed by atoms with Gasteiger partial charge in [-0.1, -0.05) is 40.2 Å². The van der Waals surface area contributed by atoms with E-state index in [1.54, 1.807) is 0 Å². The molecule has 0 fully saturated rings. The van der Waals surface area contributed by atoms with E-state index < -0.39 is 0 Å². The number of benzene rings is 2.